The molecule has 2 aromatic heterocycles. The van der Waals surface area contributed by atoms with Gasteiger partial charge < -0.3 is 14.3 Å². The van der Waals surface area contributed by atoms with Crippen LogP contribution in [0.25, 0.3) is 0 Å². The van der Waals surface area contributed by atoms with Gasteiger partial charge in [-0.05, 0) is 18.4 Å². The van der Waals surface area contributed by atoms with Gasteiger partial charge >= 0.3 is 0 Å². The molecule has 1 amide bonds. The van der Waals surface area contributed by atoms with Crippen molar-refractivity contribution in [3.05, 3.63) is 29.7 Å². The monoisotopic (exact) mass is 332 g/mol. The molecule has 1 fully saturated rings. The first kappa shape index (κ1) is 16.6. The quantitative estimate of drug-likeness (QED) is 0.777. The first-order valence-electron chi connectivity index (χ1n) is 8.27. The average Bonchev–Trinajstić information content (AvgIpc) is 3.24. The van der Waals surface area contributed by atoms with E-state index >= 15 is 0 Å². The van der Waals surface area contributed by atoms with Crippen LogP contribution in [0.2, 0.25) is 0 Å². The number of nitrogens with zero attached hydrogens (tertiary/aromatic N) is 6. The first-order valence-corrected chi connectivity index (χ1v) is 8.27. The molecule has 1 aliphatic rings. The number of amides is 1. The molecule has 3 rings (SSSR count). The Kier molecular flexibility index (Phi) is 4.94. The molecule has 24 heavy (non-hydrogen) atoms. The Labute approximate surface area is 141 Å². The van der Waals surface area contributed by atoms with Crippen LogP contribution >= 0.6 is 0 Å². The molecule has 8 heteroatoms. The van der Waals surface area contributed by atoms with Crippen molar-refractivity contribution >= 4 is 5.91 Å². The summed E-state index contributed by atoms with van der Waals surface area (Å²) in [5.41, 5.74) is 1.24. The summed E-state index contributed by atoms with van der Waals surface area (Å²) in [4.78, 5) is 20.5. The number of hydrogen-bond acceptors (Lipinski definition) is 6. The lowest BCUT2D eigenvalue weighted by atomic mass is 10.2. The van der Waals surface area contributed by atoms with Gasteiger partial charge in [-0.2, -0.15) is 10.1 Å². The highest BCUT2D eigenvalue weighted by atomic mass is 16.5. The minimum Gasteiger partial charge on any atom is -0.340 e. The van der Waals surface area contributed by atoms with Crippen molar-refractivity contribution in [3.63, 3.8) is 0 Å². The van der Waals surface area contributed by atoms with Gasteiger partial charge in [0.25, 0.3) is 0 Å². The van der Waals surface area contributed by atoms with Crippen LogP contribution in [0.1, 0.15) is 30.6 Å². The molecule has 8 nitrogen and oxygen atoms in total. The Balaban J connectivity index is 1.54. The minimum atomic E-state index is 0.0524. The fourth-order valence-corrected chi connectivity index (χ4v) is 3.21. The van der Waals surface area contributed by atoms with E-state index in [4.69, 9.17) is 4.52 Å². The molecule has 1 aliphatic heterocycles. The number of carbonyl (C=O) groups is 1. The number of rotatable bonds is 6. The molecule has 0 aromatic carbocycles. The summed E-state index contributed by atoms with van der Waals surface area (Å²) < 4.78 is 6.83. The molecule has 0 saturated carbocycles. The van der Waals surface area contributed by atoms with Crippen molar-refractivity contribution in [2.45, 2.75) is 39.3 Å². The lowest BCUT2D eigenvalue weighted by Crippen LogP contribution is -2.40. The van der Waals surface area contributed by atoms with Gasteiger partial charge in [-0.15, -0.1) is 0 Å². The Morgan fingerprint density at radius 1 is 1.50 bits per heavy atom. The average molecular weight is 332 g/mol. The van der Waals surface area contributed by atoms with Gasteiger partial charge in [0.1, 0.15) is 0 Å². The molecule has 130 valence electrons. The molecule has 1 saturated heterocycles. The van der Waals surface area contributed by atoms with Crippen LogP contribution in [-0.2, 0) is 24.8 Å². The van der Waals surface area contributed by atoms with Crippen LogP contribution in [0.5, 0.6) is 0 Å². The molecule has 1 unspecified atom stereocenters. The highest BCUT2D eigenvalue weighted by Gasteiger charge is 2.30. The molecule has 0 spiro atoms. The first-order chi connectivity index (χ1) is 11.5. The van der Waals surface area contributed by atoms with Crippen LogP contribution in [0, 0.1) is 6.92 Å². The van der Waals surface area contributed by atoms with Crippen molar-refractivity contribution in [2.24, 2.45) is 7.05 Å². The lowest BCUT2D eigenvalue weighted by Gasteiger charge is -2.27. The van der Waals surface area contributed by atoms with Gasteiger partial charge in [0.15, 0.2) is 5.82 Å². The van der Waals surface area contributed by atoms with Gasteiger partial charge in [0, 0.05) is 52.8 Å². The van der Waals surface area contributed by atoms with E-state index < -0.39 is 0 Å². The molecular weight excluding hydrogens is 308 g/mol. The van der Waals surface area contributed by atoms with Gasteiger partial charge in [-0.1, -0.05) is 5.16 Å². The molecule has 0 radical (unpaired) electrons. The van der Waals surface area contributed by atoms with Crippen molar-refractivity contribution in [2.75, 3.05) is 19.6 Å². The third-order valence-electron chi connectivity index (χ3n) is 4.45. The predicted molar refractivity (Wildman–Crippen MR) is 87.0 cm³/mol. The number of hydrogen-bond donors (Lipinski definition) is 0. The van der Waals surface area contributed by atoms with E-state index in [1.165, 1.54) is 5.56 Å². The van der Waals surface area contributed by atoms with Crippen molar-refractivity contribution in [3.8, 4) is 0 Å². The van der Waals surface area contributed by atoms with Crippen molar-refractivity contribution in [1.29, 1.82) is 0 Å². The van der Waals surface area contributed by atoms with Crippen LogP contribution < -0.4 is 0 Å². The van der Waals surface area contributed by atoms with E-state index in [0.29, 0.717) is 18.3 Å². The number of likely N-dealkylation sites (tertiary alicyclic amines) is 1. The zero-order valence-electron chi connectivity index (χ0n) is 14.5. The summed E-state index contributed by atoms with van der Waals surface area (Å²) >= 11 is 0. The Hall–Kier alpha value is -2.22. The van der Waals surface area contributed by atoms with Gasteiger partial charge in [-0.25, -0.2) is 0 Å². The fourth-order valence-electron chi connectivity index (χ4n) is 3.21. The van der Waals surface area contributed by atoms with Crippen LogP contribution in [0.15, 0.2) is 16.9 Å². The molecule has 0 bridgehead atoms. The lowest BCUT2D eigenvalue weighted by molar-refractivity contribution is -0.131. The molecule has 3 heterocycles. The fraction of sp³-hybridized carbons (Fsp3) is 0.625. The third-order valence-corrected chi connectivity index (χ3v) is 4.45. The minimum absolute atomic E-state index is 0.0524. The van der Waals surface area contributed by atoms with E-state index in [0.717, 1.165) is 32.5 Å². The SMILES string of the molecule is CC(=O)N(Cc1noc(C)n1)C1CCN(CCc2cnn(C)c2)C1. The van der Waals surface area contributed by atoms with Crippen molar-refractivity contribution in [1.82, 2.24) is 29.7 Å². The molecule has 0 aliphatic carbocycles. The van der Waals surface area contributed by atoms with Crippen LogP contribution in [0.3, 0.4) is 0 Å². The van der Waals surface area contributed by atoms with Gasteiger partial charge in [0.2, 0.25) is 11.8 Å². The van der Waals surface area contributed by atoms with Gasteiger partial charge in [0.05, 0.1) is 12.7 Å². The summed E-state index contributed by atoms with van der Waals surface area (Å²) in [6.45, 7) is 6.63. The second-order valence-electron chi connectivity index (χ2n) is 6.39. The third kappa shape index (κ3) is 4.00. The Morgan fingerprint density at radius 3 is 2.96 bits per heavy atom. The maximum Gasteiger partial charge on any atom is 0.223 e. The van der Waals surface area contributed by atoms with Crippen LogP contribution in [-0.4, -0.2) is 61.3 Å². The second kappa shape index (κ2) is 7.12. The van der Waals surface area contributed by atoms with Gasteiger partial charge in [-0.3, -0.25) is 9.48 Å². The number of aryl methyl sites for hydroxylation is 2. The Morgan fingerprint density at radius 2 is 2.33 bits per heavy atom. The standard InChI is InChI=1S/C16H24N6O2/c1-12-18-16(19-24-12)11-22(13(2)23)15-5-7-21(10-15)6-4-14-8-17-20(3)9-14/h8-9,15H,4-7,10-11H2,1-3H3. The van der Waals surface area contributed by atoms with E-state index in [2.05, 4.69) is 20.1 Å². The summed E-state index contributed by atoms with van der Waals surface area (Å²) in [5.74, 6) is 1.14. The molecule has 1 atom stereocenters. The maximum atomic E-state index is 12.0. The smallest absolute Gasteiger partial charge is 0.223 e. The van der Waals surface area contributed by atoms with E-state index in [-0.39, 0.29) is 11.9 Å². The summed E-state index contributed by atoms with van der Waals surface area (Å²) in [6.07, 6.45) is 5.91. The van der Waals surface area contributed by atoms with Crippen molar-refractivity contribution < 1.29 is 9.32 Å². The topological polar surface area (TPSA) is 80.3 Å². The van der Waals surface area contributed by atoms with E-state index in [9.17, 15) is 4.79 Å². The maximum absolute atomic E-state index is 12.0. The largest absolute Gasteiger partial charge is 0.340 e. The predicted octanol–water partition coefficient (Wildman–Crippen LogP) is 0.777. The summed E-state index contributed by atoms with van der Waals surface area (Å²) in [5, 5.41) is 8.10. The number of carbonyl (C=O) groups excluding carboxylic acids is 1. The summed E-state index contributed by atoms with van der Waals surface area (Å²) in [6, 6.07) is 0.204. The molecule has 2 aromatic rings. The Bertz CT molecular complexity index is 694. The summed E-state index contributed by atoms with van der Waals surface area (Å²) in [7, 11) is 1.93. The zero-order valence-corrected chi connectivity index (χ0v) is 14.5. The second-order valence-corrected chi connectivity index (χ2v) is 6.39. The zero-order chi connectivity index (χ0) is 17.1. The van der Waals surface area contributed by atoms with Crippen LogP contribution in [0.4, 0.5) is 0 Å². The highest BCUT2D eigenvalue weighted by molar-refractivity contribution is 5.73. The van der Waals surface area contributed by atoms with E-state index in [1.807, 2.05) is 29.0 Å². The number of aromatic nitrogens is 4. The normalized spacial score (nSPS) is 18.2. The van der Waals surface area contributed by atoms with E-state index in [1.54, 1.807) is 13.8 Å². The molecular formula is C16H24N6O2. The molecule has 0 N–H and O–H groups in total. The highest BCUT2D eigenvalue weighted by Crippen LogP contribution is 2.18.